The van der Waals surface area contributed by atoms with Gasteiger partial charge in [-0.2, -0.15) is 0 Å². The molecule has 0 spiro atoms. The third kappa shape index (κ3) is 1.37. The summed E-state index contributed by atoms with van der Waals surface area (Å²) in [5, 5.41) is 2.66. The van der Waals surface area contributed by atoms with E-state index in [9.17, 15) is 4.79 Å². The van der Waals surface area contributed by atoms with Crippen molar-refractivity contribution in [2.24, 2.45) is 4.99 Å². The standard InChI is InChI=1S/C8H10N2O/c1-3-6-7(9-4-2)5-10-8(6)11/h3-4H,1,5H2,2H3,(H,10,11). The van der Waals surface area contributed by atoms with Crippen LogP contribution in [0, 0.1) is 0 Å². The van der Waals surface area contributed by atoms with Crippen molar-refractivity contribution in [1.29, 1.82) is 0 Å². The molecular weight excluding hydrogens is 140 g/mol. The van der Waals surface area contributed by atoms with Crippen LogP contribution in [0.3, 0.4) is 0 Å². The number of rotatable bonds is 2. The van der Waals surface area contributed by atoms with Gasteiger partial charge in [0.15, 0.2) is 0 Å². The smallest absolute Gasteiger partial charge is 0.253 e. The molecule has 1 aliphatic rings. The van der Waals surface area contributed by atoms with Crippen molar-refractivity contribution < 1.29 is 4.79 Å². The number of amides is 1. The molecule has 0 saturated heterocycles. The van der Waals surface area contributed by atoms with Crippen molar-refractivity contribution >= 4 is 12.1 Å². The van der Waals surface area contributed by atoms with Crippen LogP contribution in [0.5, 0.6) is 0 Å². The summed E-state index contributed by atoms with van der Waals surface area (Å²) < 4.78 is 0. The molecule has 0 bridgehead atoms. The molecule has 1 aliphatic heterocycles. The Bertz CT molecular complexity index is 251. The molecule has 3 heteroatoms. The summed E-state index contributed by atoms with van der Waals surface area (Å²) in [4.78, 5) is 15.0. The van der Waals surface area contributed by atoms with Gasteiger partial charge in [0.25, 0.3) is 5.91 Å². The van der Waals surface area contributed by atoms with Gasteiger partial charge < -0.3 is 5.32 Å². The SMILES string of the molecule is C=CC1=C(N=CC)CNC1=O. The highest BCUT2D eigenvalue weighted by molar-refractivity contribution is 5.99. The van der Waals surface area contributed by atoms with Gasteiger partial charge in [0.05, 0.1) is 17.8 Å². The molecule has 0 saturated carbocycles. The second-order valence-electron chi connectivity index (χ2n) is 2.13. The number of nitrogens with zero attached hydrogens (tertiary/aromatic N) is 1. The fourth-order valence-electron chi connectivity index (χ4n) is 0.967. The van der Waals surface area contributed by atoms with Gasteiger partial charge in [-0.3, -0.25) is 9.79 Å². The van der Waals surface area contributed by atoms with Crippen molar-refractivity contribution in [3.05, 3.63) is 23.9 Å². The molecule has 58 valence electrons. The lowest BCUT2D eigenvalue weighted by molar-refractivity contribution is -0.116. The van der Waals surface area contributed by atoms with E-state index in [1.165, 1.54) is 6.08 Å². The van der Waals surface area contributed by atoms with E-state index in [2.05, 4.69) is 16.9 Å². The lowest BCUT2D eigenvalue weighted by atomic mass is 10.2. The van der Waals surface area contributed by atoms with E-state index in [0.717, 1.165) is 5.70 Å². The van der Waals surface area contributed by atoms with Gasteiger partial charge in [0.2, 0.25) is 0 Å². The lowest BCUT2D eigenvalue weighted by Crippen LogP contribution is -2.16. The van der Waals surface area contributed by atoms with Crippen molar-refractivity contribution in [1.82, 2.24) is 5.32 Å². The Morgan fingerprint density at radius 3 is 3.00 bits per heavy atom. The third-order valence-electron chi connectivity index (χ3n) is 1.46. The molecule has 11 heavy (non-hydrogen) atoms. The summed E-state index contributed by atoms with van der Waals surface area (Å²) in [6.45, 7) is 5.87. The average Bonchev–Trinajstić information content (AvgIpc) is 2.33. The van der Waals surface area contributed by atoms with E-state index in [-0.39, 0.29) is 5.91 Å². The predicted molar refractivity (Wildman–Crippen MR) is 44.4 cm³/mol. The van der Waals surface area contributed by atoms with Crippen LogP contribution in [0.1, 0.15) is 6.92 Å². The maximum atomic E-state index is 11.0. The minimum atomic E-state index is -0.0828. The number of carbonyl (C=O) groups is 1. The molecule has 1 N–H and O–H groups in total. The van der Waals surface area contributed by atoms with Gasteiger partial charge in [-0.25, -0.2) is 0 Å². The summed E-state index contributed by atoms with van der Waals surface area (Å²) in [6.07, 6.45) is 3.20. The largest absolute Gasteiger partial charge is 0.346 e. The minimum Gasteiger partial charge on any atom is -0.346 e. The van der Waals surface area contributed by atoms with E-state index in [1.54, 1.807) is 6.21 Å². The highest BCUT2D eigenvalue weighted by Gasteiger charge is 2.18. The van der Waals surface area contributed by atoms with Gasteiger partial charge in [-0.05, 0) is 6.92 Å². The third-order valence-corrected chi connectivity index (χ3v) is 1.46. The lowest BCUT2D eigenvalue weighted by Gasteiger charge is -1.89. The zero-order valence-electron chi connectivity index (χ0n) is 6.42. The highest BCUT2D eigenvalue weighted by Crippen LogP contribution is 2.12. The van der Waals surface area contributed by atoms with Crippen LogP contribution in [0.4, 0.5) is 0 Å². The summed E-state index contributed by atoms with van der Waals surface area (Å²) in [5.41, 5.74) is 1.36. The Labute approximate surface area is 65.5 Å². The first-order chi connectivity index (χ1) is 5.29. The Balaban J connectivity index is 2.97. The molecule has 0 aromatic rings. The average molecular weight is 150 g/mol. The Morgan fingerprint density at radius 1 is 1.73 bits per heavy atom. The van der Waals surface area contributed by atoms with E-state index < -0.39 is 0 Å². The van der Waals surface area contributed by atoms with Crippen molar-refractivity contribution in [3.8, 4) is 0 Å². The normalized spacial score (nSPS) is 17.7. The Kier molecular flexibility index (Phi) is 2.21. The van der Waals surface area contributed by atoms with E-state index >= 15 is 0 Å². The van der Waals surface area contributed by atoms with E-state index in [1.807, 2.05) is 6.92 Å². The number of hydrogen-bond acceptors (Lipinski definition) is 2. The molecule has 1 rings (SSSR count). The van der Waals surface area contributed by atoms with Crippen LogP contribution >= 0.6 is 0 Å². The fraction of sp³-hybridized carbons (Fsp3) is 0.250. The maximum Gasteiger partial charge on any atom is 0.253 e. The molecule has 1 heterocycles. The van der Waals surface area contributed by atoms with Crippen molar-refractivity contribution in [2.45, 2.75) is 6.92 Å². The molecule has 0 unspecified atom stereocenters. The predicted octanol–water partition coefficient (Wildman–Crippen LogP) is 0.647. The summed E-state index contributed by atoms with van der Waals surface area (Å²) >= 11 is 0. The maximum absolute atomic E-state index is 11.0. The van der Waals surface area contributed by atoms with Gasteiger partial charge in [-0.1, -0.05) is 12.7 Å². The summed E-state index contributed by atoms with van der Waals surface area (Å²) in [6, 6.07) is 0. The molecule has 0 radical (unpaired) electrons. The first kappa shape index (κ1) is 7.72. The molecule has 3 nitrogen and oxygen atoms in total. The van der Waals surface area contributed by atoms with E-state index in [0.29, 0.717) is 12.1 Å². The molecule has 0 aliphatic carbocycles. The van der Waals surface area contributed by atoms with Crippen LogP contribution in [-0.4, -0.2) is 18.7 Å². The van der Waals surface area contributed by atoms with Gasteiger partial charge in [0, 0.05) is 6.21 Å². The molecule has 0 atom stereocenters. The van der Waals surface area contributed by atoms with Crippen molar-refractivity contribution in [2.75, 3.05) is 6.54 Å². The number of hydrogen-bond donors (Lipinski definition) is 1. The second-order valence-corrected chi connectivity index (χ2v) is 2.13. The first-order valence-electron chi connectivity index (χ1n) is 3.42. The quantitative estimate of drug-likeness (QED) is 0.577. The fourth-order valence-corrected chi connectivity index (χ4v) is 0.967. The van der Waals surface area contributed by atoms with Gasteiger partial charge in [0.1, 0.15) is 0 Å². The first-order valence-corrected chi connectivity index (χ1v) is 3.42. The monoisotopic (exact) mass is 150 g/mol. The molecule has 1 amide bonds. The van der Waals surface area contributed by atoms with Crippen LogP contribution in [0.25, 0.3) is 0 Å². The number of nitrogens with one attached hydrogen (secondary N) is 1. The molecule has 0 fully saturated rings. The number of carbonyl (C=O) groups excluding carboxylic acids is 1. The highest BCUT2D eigenvalue weighted by atomic mass is 16.1. The van der Waals surface area contributed by atoms with Crippen LogP contribution in [0.2, 0.25) is 0 Å². The topological polar surface area (TPSA) is 41.5 Å². The van der Waals surface area contributed by atoms with Crippen molar-refractivity contribution in [3.63, 3.8) is 0 Å². The molecule has 0 aromatic heterocycles. The number of aliphatic imine (C=N–C) groups is 1. The van der Waals surface area contributed by atoms with Crippen LogP contribution in [0.15, 0.2) is 28.9 Å². The molecule has 0 aromatic carbocycles. The summed E-state index contributed by atoms with van der Waals surface area (Å²) in [5.74, 6) is -0.0828. The zero-order valence-corrected chi connectivity index (χ0v) is 6.42. The van der Waals surface area contributed by atoms with E-state index in [4.69, 9.17) is 0 Å². The van der Waals surface area contributed by atoms with Gasteiger partial charge >= 0.3 is 0 Å². The zero-order chi connectivity index (χ0) is 8.27. The summed E-state index contributed by atoms with van der Waals surface area (Å²) in [7, 11) is 0. The second kappa shape index (κ2) is 3.14. The van der Waals surface area contributed by atoms with Gasteiger partial charge in [-0.15, -0.1) is 0 Å². The molecular formula is C8H10N2O. The van der Waals surface area contributed by atoms with Crippen LogP contribution < -0.4 is 5.32 Å². The van der Waals surface area contributed by atoms with Crippen LogP contribution in [-0.2, 0) is 4.79 Å². The Hall–Kier alpha value is -1.38. The Morgan fingerprint density at radius 2 is 2.45 bits per heavy atom. The minimum absolute atomic E-state index is 0.0828.